The molecule has 154 valence electrons. The summed E-state index contributed by atoms with van der Waals surface area (Å²) in [6.07, 6.45) is 0.988. The molecule has 1 N–H and O–H groups in total. The van der Waals surface area contributed by atoms with E-state index in [1.807, 2.05) is 0 Å². The van der Waals surface area contributed by atoms with Gasteiger partial charge in [0, 0.05) is 38.9 Å². The Morgan fingerprint density at radius 3 is 2.59 bits per heavy atom. The van der Waals surface area contributed by atoms with Gasteiger partial charge in [-0.1, -0.05) is 18.2 Å². The Balaban J connectivity index is 1.56. The molecule has 1 amide bonds. The van der Waals surface area contributed by atoms with Gasteiger partial charge in [-0.2, -0.15) is 0 Å². The zero-order valence-electron chi connectivity index (χ0n) is 16.5. The number of halogens is 2. The van der Waals surface area contributed by atoms with Crippen LogP contribution in [0.15, 0.2) is 36.4 Å². The Labute approximate surface area is 169 Å². The number of hydrogen-bond acceptors (Lipinski definition) is 4. The van der Waals surface area contributed by atoms with Crippen LogP contribution in [0.25, 0.3) is 0 Å². The summed E-state index contributed by atoms with van der Waals surface area (Å²) in [5, 5.41) is 2.74. The molecule has 2 aliphatic rings. The maximum Gasteiger partial charge on any atom is 0.257 e. The molecule has 0 spiro atoms. The lowest BCUT2D eigenvalue weighted by Crippen LogP contribution is -2.44. The Morgan fingerprint density at radius 2 is 1.86 bits per heavy atom. The number of carbonyl (C=O) groups is 1. The minimum atomic E-state index is -0.856. The standard InChI is InChI=1S/C22H25F2N3O2/c1-26-8-7-16-13-15(5-6-19(16)26)20(27-9-11-29-12-10-27)14-25-22(28)21-17(23)3-2-4-18(21)24/h2-6,13,20H,7-12,14H2,1H3,(H,25,28)/t20-/m0/s1. The highest BCUT2D eigenvalue weighted by Gasteiger charge is 2.26. The van der Waals surface area contributed by atoms with Crippen LogP contribution in [0.4, 0.5) is 14.5 Å². The van der Waals surface area contributed by atoms with Gasteiger partial charge < -0.3 is 15.0 Å². The Morgan fingerprint density at radius 1 is 1.14 bits per heavy atom. The second-order valence-electron chi connectivity index (χ2n) is 7.53. The smallest absolute Gasteiger partial charge is 0.257 e. The molecule has 1 fully saturated rings. The summed E-state index contributed by atoms with van der Waals surface area (Å²) in [6.45, 7) is 3.99. The van der Waals surface area contributed by atoms with Gasteiger partial charge in [0.05, 0.1) is 19.3 Å². The highest BCUT2D eigenvalue weighted by Crippen LogP contribution is 2.31. The maximum atomic E-state index is 14.0. The minimum absolute atomic E-state index is 0.0890. The summed E-state index contributed by atoms with van der Waals surface area (Å²) >= 11 is 0. The Kier molecular flexibility index (Phi) is 5.78. The van der Waals surface area contributed by atoms with Crippen LogP contribution in [0, 0.1) is 11.6 Å². The van der Waals surface area contributed by atoms with E-state index in [4.69, 9.17) is 4.74 Å². The molecule has 2 aromatic carbocycles. The normalized spacial score (nSPS) is 17.8. The molecule has 0 unspecified atom stereocenters. The topological polar surface area (TPSA) is 44.8 Å². The highest BCUT2D eigenvalue weighted by atomic mass is 19.1. The summed E-state index contributed by atoms with van der Waals surface area (Å²) in [7, 11) is 2.08. The van der Waals surface area contributed by atoms with E-state index >= 15 is 0 Å². The molecule has 29 heavy (non-hydrogen) atoms. The molecule has 0 aromatic heterocycles. The molecule has 0 aliphatic carbocycles. The number of fused-ring (bicyclic) bond motifs is 1. The van der Waals surface area contributed by atoms with E-state index in [1.54, 1.807) is 0 Å². The van der Waals surface area contributed by atoms with Crippen molar-refractivity contribution in [3.8, 4) is 0 Å². The van der Waals surface area contributed by atoms with Gasteiger partial charge in [0.2, 0.25) is 0 Å². The van der Waals surface area contributed by atoms with Gasteiger partial charge in [0.15, 0.2) is 0 Å². The molecule has 7 heteroatoms. The zero-order chi connectivity index (χ0) is 20.4. The van der Waals surface area contributed by atoms with Gasteiger partial charge in [-0.3, -0.25) is 9.69 Å². The first-order chi connectivity index (χ1) is 14.0. The summed E-state index contributed by atoms with van der Waals surface area (Å²) in [5.41, 5.74) is 3.07. The molecule has 2 aromatic rings. The maximum absolute atomic E-state index is 14.0. The fourth-order valence-corrected chi connectivity index (χ4v) is 4.13. The lowest BCUT2D eigenvalue weighted by molar-refractivity contribution is 0.0162. The van der Waals surface area contributed by atoms with Crippen LogP contribution in [0.2, 0.25) is 0 Å². The molecular formula is C22H25F2N3O2. The number of amides is 1. The number of nitrogens with one attached hydrogen (secondary N) is 1. The predicted octanol–water partition coefficient (Wildman–Crippen LogP) is 2.76. The summed E-state index contributed by atoms with van der Waals surface area (Å²) in [6, 6.07) is 9.73. The number of rotatable bonds is 5. The molecular weight excluding hydrogens is 376 g/mol. The summed E-state index contributed by atoms with van der Waals surface area (Å²) < 4.78 is 33.4. The van der Waals surface area contributed by atoms with Gasteiger partial charge in [-0.05, 0) is 35.7 Å². The average molecular weight is 401 g/mol. The van der Waals surface area contributed by atoms with Crippen molar-refractivity contribution in [1.29, 1.82) is 0 Å². The number of likely N-dealkylation sites (N-methyl/N-ethyl adjacent to an activating group) is 1. The minimum Gasteiger partial charge on any atom is -0.379 e. The largest absolute Gasteiger partial charge is 0.379 e. The molecule has 1 saturated heterocycles. The molecule has 0 saturated carbocycles. The van der Waals surface area contributed by atoms with Crippen LogP contribution in [0.5, 0.6) is 0 Å². The van der Waals surface area contributed by atoms with Crippen molar-refractivity contribution in [1.82, 2.24) is 10.2 Å². The fraction of sp³-hybridized carbons (Fsp3) is 0.409. The Hall–Kier alpha value is -2.51. The van der Waals surface area contributed by atoms with E-state index in [-0.39, 0.29) is 12.6 Å². The molecule has 2 aliphatic heterocycles. The number of nitrogens with zero attached hydrogens (tertiary/aromatic N) is 2. The van der Waals surface area contributed by atoms with E-state index in [0.717, 1.165) is 43.8 Å². The van der Waals surface area contributed by atoms with Gasteiger partial charge in [0.1, 0.15) is 17.2 Å². The number of ether oxygens (including phenoxy) is 1. The zero-order valence-corrected chi connectivity index (χ0v) is 16.5. The van der Waals surface area contributed by atoms with Crippen LogP contribution < -0.4 is 10.2 Å². The first-order valence-electron chi connectivity index (χ1n) is 9.92. The van der Waals surface area contributed by atoms with Crippen molar-refractivity contribution in [2.45, 2.75) is 12.5 Å². The number of carbonyl (C=O) groups excluding carboxylic acids is 1. The van der Waals surface area contributed by atoms with E-state index in [2.05, 4.69) is 40.4 Å². The first-order valence-corrected chi connectivity index (χ1v) is 9.92. The fourth-order valence-electron chi connectivity index (χ4n) is 4.13. The number of morpholine rings is 1. The molecule has 1 atom stereocenters. The highest BCUT2D eigenvalue weighted by molar-refractivity contribution is 5.94. The molecule has 0 bridgehead atoms. The lowest BCUT2D eigenvalue weighted by Gasteiger charge is -2.35. The second-order valence-corrected chi connectivity index (χ2v) is 7.53. The van der Waals surface area contributed by atoms with Crippen LogP contribution in [0.3, 0.4) is 0 Å². The van der Waals surface area contributed by atoms with Crippen molar-refractivity contribution in [2.75, 3.05) is 51.3 Å². The summed E-state index contributed by atoms with van der Waals surface area (Å²) in [4.78, 5) is 17.0. The van der Waals surface area contributed by atoms with E-state index in [9.17, 15) is 13.6 Å². The molecule has 2 heterocycles. The monoisotopic (exact) mass is 401 g/mol. The number of benzene rings is 2. The predicted molar refractivity (Wildman–Crippen MR) is 107 cm³/mol. The molecule has 4 rings (SSSR count). The van der Waals surface area contributed by atoms with Crippen molar-refractivity contribution < 1.29 is 18.3 Å². The average Bonchev–Trinajstić information content (AvgIpc) is 3.09. The quantitative estimate of drug-likeness (QED) is 0.837. The van der Waals surface area contributed by atoms with E-state index in [0.29, 0.717) is 13.2 Å². The van der Waals surface area contributed by atoms with Gasteiger partial charge in [-0.25, -0.2) is 8.78 Å². The number of anilines is 1. The van der Waals surface area contributed by atoms with Crippen molar-refractivity contribution in [3.63, 3.8) is 0 Å². The van der Waals surface area contributed by atoms with Crippen LogP contribution >= 0.6 is 0 Å². The first kappa shape index (κ1) is 19.8. The Bertz CT molecular complexity index is 879. The van der Waals surface area contributed by atoms with Gasteiger partial charge >= 0.3 is 0 Å². The third-order valence-corrected chi connectivity index (χ3v) is 5.75. The van der Waals surface area contributed by atoms with Crippen molar-refractivity contribution >= 4 is 11.6 Å². The van der Waals surface area contributed by atoms with Crippen LogP contribution in [0.1, 0.15) is 27.5 Å². The van der Waals surface area contributed by atoms with Crippen molar-refractivity contribution in [2.24, 2.45) is 0 Å². The van der Waals surface area contributed by atoms with E-state index in [1.165, 1.54) is 17.3 Å². The van der Waals surface area contributed by atoms with E-state index < -0.39 is 23.1 Å². The van der Waals surface area contributed by atoms with Gasteiger partial charge in [0.25, 0.3) is 5.91 Å². The summed E-state index contributed by atoms with van der Waals surface area (Å²) in [5.74, 6) is -2.45. The van der Waals surface area contributed by atoms with Crippen LogP contribution in [-0.4, -0.2) is 57.2 Å². The lowest BCUT2D eigenvalue weighted by atomic mass is 10.00. The molecule has 5 nitrogen and oxygen atoms in total. The number of hydrogen-bond donors (Lipinski definition) is 1. The second kappa shape index (κ2) is 8.47. The van der Waals surface area contributed by atoms with Crippen LogP contribution in [-0.2, 0) is 11.2 Å². The third-order valence-electron chi connectivity index (χ3n) is 5.75. The van der Waals surface area contributed by atoms with Crippen molar-refractivity contribution in [3.05, 3.63) is 64.7 Å². The SMILES string of the molecule is CN1CCc2cc([C@H](CNC(=O)c3c(F)cccc3F)N3CCOCC3)ccc21. The molecule has 0 radical (unpaired) electrons. The third kappa shape index (κ3) is 4.11. The van der Waals surface area contributed by atoms with Gasteiger partial charge in [-0.15, -0.1) is 0 Å².